The highest BCUT2D eigenvalue weighted by Gasteiger charge is 2.29. The van der Waals surface area contributed by atoms with E-state index in [2.05, 4.69) is 11.9 Å². The maximum atomic E-state index is 13.3. The molecule has 1 unspecified atom stereocenters. The van der Waals surface area contributed by atoms with Gasteiger partial charge in [0.1, 0.15) is 11.9 Å². The number of benzene rings is 2. The Labute approximate surface area is 188 Å². The van der Waals surface area contributed by atoms with Crippen molar-refractivity contribution in [2.75, 3.05) is 19.3 Å². The van der Waals surface area contributed by atoms with Crippen molar-refractivity contribution in [1.82, 2.24) is 14.5 Å². The fourth-order valence-corrected chi connectivity index (χ4v) is 3.74. The first-order chi connectivity index (χ1) is 15.1. The molecular formula is C23H28FN3O4S. The molecule has 7 nitrogen and oxygen atoms in total. The van der Waals surface area contributed by atoms with Crippen LogP contribution in [0.15, 0.2) is 67.3 Å². The number of nitrogens with one attached hydrogen (secondary N) is 1. The van der Waals surface area contributed by atoms with Gasteiger partial charge < -0.3 is 10.2 Å². The first-order valence-corrected chi connectivity index (χ1v) is 11.9. The maximum Gasteiger partial charge on any atom is 0.242 e. The third kappa shape index (κ3) is 7.58. The van der Waals surface area contributed by atoms with Crippen molar-refractivity contribution in [2.24, 2.45) is 0 Å². The van der Waals surface area contributed by atoms with Gasteiger partial charge in [0.15, 0.2) is 0 Å². The van der Waals surface area contributed by atoms with E-state index in [1.54, 1.807) is 31.2 Å². The van der Waals surface area contributed by atoms with Gasteiger partial charge in [-0.2, -0.15) is 4.31 Å². The Balaban J connectivity index is 2.28. The Bertz CT molecular complexity index is 1030. The van der Waals surface area contributed by atoms with Crippen molar-refractivity contribution in [3.8, 4) is 0 Å². The summed E-state index contributed by atoms with van der Waals surface area (Å²) in [5, 5.41) is 2.64. The first kappa shape index (κ1) is 25.2. The molecule has 1 atom stereocenters. The fourth-order valence-electron chi connectivity index (χ4n) is 3.01. The molecule has 2 aromatic carbocycles. The number of amides is 2. The van der Waals surface area contributed by atoms with Crippen molar-refractivity contribution in [1.29, 1.82) is 0 Å². The van der Waals surface area contributed by atoms with E-state index in [-0.39, 0.29) is 19.6 Å². The van der Waals surface area contributed by atoms with Crippen LogP contribution in [0.5, 0.6) is 0 Å². The van der Waals surface area contributed by atoms with Crippen molar-refractivity contribution in [3.63, 3.8) is 0 Å². The van der Waals surface area contributed by atoms with Gasteiger partial charge in [0, 0.05) is 19.6 Å². The monoisotopic (exact) mass is 461 g/mol. The average molecular weight is 462 g/mol. The molecule has 2 rings (SSSR count). The SMILES string of the molecule is C=CCNC(=O)C(C)N(Cc1ccc(F)cc1)C(=O)CN(Cc1ccccc1)S(C)(=O)=O. The molecule has 0 heterocycles. The summed E-state index contributed by atoms with van der Waals surface area (Å²) in [4.78, 5) is 27.0. The van der Waals surface area contributed by atoms with Crippen molar-refractivity contribution >= 4 is 21.8 Å². The van der Waals surface area contributed by atoms with Crippen LogP contribution >= 0.6 is 0 Å². The summed E-state index contributed by atoms with van der Waals surface area (Å²) in [5.74, 6) is -1.37. The second-order valence-electron chi connectivity index (χ2n) is 7.37. The summed E-state index contributed by atoms with van der Waals surface area (Å²) in [7, 11) is -3.71. The molecule has 172 valence electrons. The van der Waals surface area contributed by atoms with E-state index >= 15 is 0 Å². The minimum atomic E-state index is -3.71. The average Bonchev–Trinajstić information content (AvgIpc) is 2.76. The molecule has 0 aromatic heterocycles. The highest BCUT2D eigenvalue weighted by Crippen LogP contribution is 2.14. The van der Waals surface area contributed by atoms with E-state index in [9.17, 15) is 22.4 Å². The van der Waals surface area contributed by atoms with Crippen LogP contribution in [0.4, 0.5) is 4.39 Å². The van der Waals surface area contributed by atoms with Crippen LogP contribution in [0, 0.1) is 5.82 Å². The maximum absolute atomic E-state index is 13.3. The number of rotatable bonds is 11. The first-order valence-electron chi connectivity index (χ1n) is 10.0. The van der Waals surface area contributed by atoms with Gasteiger partial charge in [-0.05, 0) is 30.2 Å². The molecule has 0 radical (unpaired) electrons. The van der Waals surface area contributed by atoms with Crippen LogP contribution in [-0.4, -0.2) is 54.8 Å². The zero-order valence-electron chi connectivity index (χ0n) is 18.2. The Morgan fingerprint density at radius 1 is 1.06 bits per heavy atom. The van der Waals surface area contributed by atoms with Gasteiger partial charge in [-0.3, -0.25) is 9.59 Å². The van der Waals surface area contributed by atoms with Gasteiger partial charge in [0.05, 0.1) is 12.8 Å². The van der Waals surface area contributed by atoms with Gasteiger partial charge in [0.25, 0.3) is 0 Å². The third-order valence-corrected chi connectivity index (χ3v) is 6.03. The number of sulfonamides is 1. The molecule has 0 bridgehead atoms. The molecule has 32 heavy (non-hydrogen) atoms. The lowest BCUT2D eigenvalue weighted by Gasteiger charge is -2.31. The molecule has 0 saturated heterocycles. The molecule has 2 aromatic rings. The van der Waals surface area contributed by atoms with Crippen molar-refractivity contribution in [2.45, 2.75) is 26.1 Å². The predicted octanol–water partition coefficient (Wildman–Crippen LogP) is 2.31. The number of carbonyl (C=O) groups is 2. The number of nitrogens with zero attached hydrogens (tertiary/aromatic N) is 2. The molecule has 0 spiro atoms. The zero-order valence-corrected chi connectivity index (χ0v) is 19.0. The Hall–Kier alpha value is -3.04. The number of hydrogen-bond donors (Lipinski definition) is 1. The molecule has 9 heteroatoms. The minimum absolute atomic E-state index is 0.0186. The quantitative estimate of drug-likeness (QED) is 0.521. The lowest BCUT2D eigenvalue weighted by atomic mass is 10.1. The van der Waals surface area contributed by atoms with Crippen molar-refractivity contribution in [3.05, 3.63) is 84.2 Å². The van der Waals surface area contributed by atoms with Gasteiger partial charge in [0.2, 0.25) is 21.8 Å². The van der Waals surface area contributed by atoms with Crippen LogP contribution in [0.25, 0.3) is 0 Å². The topological polar surface area (TPSA) is 86.8 Å². The van der Waals surface area contributed by atoms with Gasteiger partial charge in [-0.15, -0.1) is 6.58 Å². The van der Waals surface area contributed by atoms with Crippen LogP contribution in [0.2, 0.25) is 0 Å². The number of halogens is 1. The smallest absolute Gasteiger partial charge is 0.242 e. The van der Waals surface area contributed by atoms with E-state index in [0.29, 0.717) is 5.56 Å². The highest BCUT2D eigenvalue weighted by molar-refractivity contribution is 7.88. The van der Waals surface area contributed by atoms with E-state index < -0.39 is 40.2 Å². The van der Waals surface area contributed by atoms with Gasteiger partial charge in [-0.1, -0.05) is 48.5 Å². The van der Waals surface area contributed by atoms with Gasteiger partial charge in [-0.25, -0.2) is 12.8 Å². The number of carbonyl (C=O) groups excluding carboxylic acids is 2. The largest absolute Gasteiger partial charge is 0.351 e. The van der Waals surface area contributed by atoms with E-state index in [4.69, 9.17) is 0 Å². The van der Waals surface area contributed by atoms with Crippen LogP contribution in [-0.2, 0) is 32.7 Å². The summed E-state index contributed by atoms with van der Waals surface area (Å²) in [6, 6.07) is 13.6. The summed E-state index contributed by atoms with van der Waals surface area (Å²) < 4.78 is 39.1. The minimum Gasteiger partial charge on any atom is -0.351 e. The number of hydrogen-bond acceptors (Lipinski definition) is 4. The van der Waals surface area contributed by atoms with E-state index in [1.807, 2.05) is 6.07 Å². The van der Waals surface area contributed by atoms with Gasteiger partial charge >= 0.3 is 0 Å². The van der Waals surface area contributed by atoms with Crippen LogP contribution in [0.3, 0.4) is 0 Å². The summed E-state index contributed by atoms with van der Waals surface area (Å²) in [5.41, 5.74) is 1.34. The normalized spacial score (nSPS) is 12.2. The molecule has 2 amide bonds. The van der Waals surface area contributed by atoms with E-state index in [0.717, 1.165) is 16.1 Å². The van der Waals surface area contributed by atoms with E-state index in [1.165, 1.54) is 35.2 Å². The summed E-state index contributed by atoms with van der Waals surface area (Å²) >= 11 is 0. The molecule has 0 fully saturated rings. The standard InChI is InChI=1S/C23H28FN3O4S/c1-4-14-25-23(29)18(2)27(16-20-10-12-21(24)13-11-20)22(28)17-26(32(3,30)31)15-19-8-6-5-7-9-19/h4-13,18H,1,14-17H2,2-3H3,(H,25,29). The zero-order chi connectivity index (χ0) is 23.7. The molecule has 0 saturated carbocycles. The summed E-state index contributed by atoms with van der Waals surface area (Å²) in [6.07, 6.45) is 2.55. The molecular weight excluding hydrogens is 433 g/mol. The Morgan fingerprint density at radius 2 is 1.66 bits per heavy atom. The Morgan fingerprint density at radius 3 is 2.22 bits per heavy atom. The summed E-state index contributed by atoms with van der Waals surface area (Å²) in [6.45, 7) is 4.94. The second kappa shape index (κ2) is 11.5. The molecule has 0 aliphatic rings. The Kier molecular flexibility index (Phi) is 9.10. The third-order valence-electron chi connectivity index (χ3n) is 4.84. The lowest BCUT2D eigenvalue weighted by Crippen LogP contribution is -2.51. The molecule has 1 N–H and O–H groups in total. The second-order valence-corrected chi connectivity index (χ2v) is 9.36. The lowest BCUT2D eigenvalue weighted by molar-refractivity contribution is -0.140. The molecule has 0 aliphatic carbocycles. The van der Waals surface area contributed by atoms with Crippen LogP contribution < -0.4 is 5.32 Å². The predicted molar refractivity (Wildman–Crippen MR) is 121 cm³/mol. The fraction of sp³-hybridized carbons (Fsp3) is 0.304. The van der Waals surface area contributed by atoms with Crippen LogP contribution in [0.1, 0.15) is 18.1 Å². The molecule has 0 aliphatic heterocycles. The highest BCUT2D eigenvalue weighted by atomic mass is 32.2. The van der Waals surface area contributed by atoms with Crippen molar-refractivity contribution < 1.29 is 22.4 Å².